The molecule has 9 heteroatoms. The molecular formula is C19H27N3O5S. The van der Waals surface area contributed by atoms with Crippen LogP contribution in [0.5, 0.6) is 5.75 Å². The van der Waals surface area contributed by atoms with Gasteiger partial charge >= 0.3 is 0 Å². The number of piperidine rings is 1. The molecule has 1 aromatic carbocycles. The number of benzene rings is 1. The Hall–Kier alpha value is -2.13. The molecular weight excluding hydrogens is 382 g/mol. The van der Waals surface area contributed by atoms with Crippen molar-refractivity contribution in [1.82, 2.24) is 4.31 Å². The van der Waals surface area contributed by atoms with E-state index in [1.165, 1.54) is 4.31 Å². The number of nitrogens with zero attached hydrogens (tertiary/aromatic N) is 2. The Bertz CT molecular complexity index is 851. The lowest BCUT2D eigenvalue weighted by Gasteiger charge is -2.37. The number of methoxy groups -OCH3 is 1. The Morgan fingerprint density at radius 1 is 1.36 bits per heavy atom. The summed E-state index contributed by atoms with van der Waals surface area (Å²) in [4.78, 5) is 18.2. The zero-order chi connectivity index (χ0) is 20.4. The van der Waals surface area contributed by atoms with Crippen molar-refractivity contribution in [1.29, 1.82) is 0 Å². The van der Waals surface area contributed by atoms with E-state index in [9.17, 15) is 13.2 Å². The Morgan fingerprint density at radius 3 is 2.71 bits per heavy atom. The number of oxime groups is 1. The lowest BCUT2D eigenvalue weighted by Crippen LogP contribution is -2.51. The summed E-state index contributed by atoms with van der Waals surface area (Å²) in [5.74, 6) is 0.511. The van der Waals surface area contributed by atoms with Gasteiger partial charge in [0.25, 0.3) is 5.91 Å². The summed E-state index contributed by atoms with van der Waals surface area (Å²) >= 11 is 0. The van der Waals surface area contributed by atoms with E-state index < -0.39 is 15.6 Å². The molecule has 8 nitrogen and oxygen atoms in total. The van der Waals surface area contributed by atoms with Crippen LogP contribution in [0.1, 0.15) is 33.1 Å². The van der Waals surface area contributed by atoms with E-state index >= 15 is 0 Å². The number of carbonyl (C=O) groups excluding carboxylic acids is 1. The van der Waals surface area contributed by atoms with Crippen molar-refractivity contribution in [3.05, 3.63) is 24.3 Å². The van der Waals surface area contributed by atoms with Crippen LogP contribution < -0.4 is 10.1 Å². The van der Waals surface area contributed by atoms with Gasteiger partial charge in [0.1, 0.15) is 11.5 Å². The van der Waals surface area contributed by atoms with E-state index in [2.05, 4.69) is 10.5 Å². The van der Waals surface area contributed by atoms with Gasteiger partial charge in [-0.05, 0) is 43.0 Å². The second-order valence-corrected chi connectivity index (χ2v) is 9.79. The van der Waals surface area contributed by atoms with Crippen LogP contribution in [0.3, 0.4) is 0 Å². The highest BCUT2D eigenvalue weighted by Gasteiger charge is 2.47. The van der Waals surface area contributed by atoms with Crippen molar-refractivity contribution in [2.45, 2.75) is 38.7 Å². The molecule has 1 fully saturated rings. The topological polar surface area (TPSA) is 97.3 Å². The number of anilines is 1. The lowest BCUT2D eigenvalue weighted by molar-refractivity contribution is -0.110. The fourth-order valence-corrected chi connectivity index (χ4v) is 5.45. The molecule has 0 bridgehead atoms. The van der Waals surface area contributed by atoms with Gasteiger partial charge in [-0.2, -0.15) is 4.31 Å². The maximum absolute atomic E-state index is 12.6. The number of carbonyl (C=O) groups is 1. The minimum absolute atomic E-state index is 0.0504. The van der Waals surface area contributed by atoms with Gasteiger partial charge in [0, 0.05) is 18.7 Å². The van der Waals surface area contributed by atoms with Gasteiger partial charge in [-0.1, -0.05) is 19.0 Å². The van der Waals surface area contributed by atoms with Gasteiger partial charge in [-0.3, -0.25) is 4.79 Å². The summed E-state index contributed by atoms with van der Waals surface area (Å²) in [5, 5.41) is 6.77. The van der Waals surface area contributed by atoms with Gasteiger partial charge in [-0.25, -0.2) is 8.42 Å². The van der Waals surface area contributed by atoms with Crippen molar-refractivity contribution in [3.63, 3.8) is 0 Å². The molecule has 154 valence electrons. The summed E-state index contributed by atoms with van der Waals surface area (Å²) < 4.78 is 31.8. The lowest BCUT2D eigenvalue weighted by atomic mass is 9.89. The molecule has 0 unspecified atom stereocenters. The highest BCUT2D eigenvalue weighted by Crippen LogP contribution is 2.35. The van der Waals surface area contributed by atoms with Gasteiger partial charge in [-0.15, -0.1) is 0 Å². The second kappa shape index (κ2) is 8.08. The van der Waals surface area contributed by atoms with Gasteiger partial charge in [0.2, 0.25) is 10.0 Å². The molecule has 2 aliphatic rings. The number of amides is 1. The van der Waals surface area contributed by atoms with Crippen LogP contribution >= 0.6 is 0 Å². The van der Waals surface area contributed by atoms with Crippen molar-refractivity contribution in [3.8, 4) is 5.75 Å². The van der Waals surface area contributed by atoms with Crippen molar-refractivity contribution >= 4 is 27.3 Å². The van der Waals surface area contributed by atoms with Crippen molar-refractivity contribution in [2.24, 2.45) is 11.1 Å². The first-order valence-corrected chi connectivity index (χ1v) is 11.0. The highest BCUT2D eigenvalue weighted by molar-refractivity contribution is 7.89. The molecule has 3 rings (SSSR count). The van der Waals surface area contributed by atoms with Crippen LogP contribution in [0, 0.1) is 5.92 Å². The Labute approximate surface area is 165 Å². The van der Waals surface area contributed by atoms with Gasteiger partial charge in [0.15, 0.2) is 5.60 Å². The molecule has 1 saturated heterocycles. The third-order valence-corrected chi connectivity index (χ3v) is 7.08. The van der Waals surface area contributed by atoms with Crippen LogP contribution in [0.25, 0.3) is 0 Å². The third kappa shape index (κ3) is 4.64. The minimum atomic E-state index is -3.35. The molecule has 0 aromatic heterocycles. The number of rotatable bonds is 6. The van der Waals surface area contributed by atoms with E-state index in [4.69, 9.17) is 9.57 Å². The van der Waals surface area contributed by atoms with Crippen LogP contribution in [0.15, 0.2) is 29.4 Å². The first-order chi connectivity index (χ1) is 13.2. The number of sulfonamides is 1. The molecule has 0 radical (unpaired) electrons. The fraction of sp³-hybridized carbons (Fsp3) is 0.579. The summed E-state index contributed by atoms with van der Waals surface area (Å²) in [6.07, 6.45) is 1.65. The smallest absolute Gasteiger partial charge is 0.273 e. The van der Waals surface area contributed by atoms with Gasteiger partial charge in [0.05, 0.1) is 19.4 Å². The normalized spacial score (nSPS) is 22.8. The zero-order valence-corrected chi connectivity index (χ0v) is 17.3. The monoisotopic (exact) mass is 409 g/mol. The first kappa shape index (κ1) is 20.6. The Morgan fingerprint density at radius 2 is 2.07 bits per heavy atom. The summed E-state index contributed by atoms with van der Waals surface area (Å²) in [6, 6.07) is 6.98. The minimum Gasteiger partial charge on any atom is -0.497 e. The maximum Gasteiger partial charge on any atom is 0.273 e. The Balaban J connectivity index is 1.63. The van der Waals surface area contributed by atoms with Crippen LogP contribution in [-0.2, 0) is 19.7 Å². The largest absolute Gasteiger partial charge is 0.497 e. The summed E-state index contributed by atoms with van der Waals surface area (Å²) in [5.41, 5.74) is 0.146. The quantitative estimate of drug-likeness (QED) is 0.777. The standard InChI is InChI=1S/C19H27N3O5S/c1-14(2)12-28(24,25)22-10-4-9-19(13-22)11-17(21-27-19)18(23)20-15-5-7-16(26-3)8-6-15/h5-8,14H,4,9-13H2,1-3H3,(H,20,23)/t19-/m0/s1. The number of nitrogens with one attached hydrogen (secondary N) is 1. The fourth-order valence-electron chi connectivity index (χ4n) is 3.56. The highest BCUT2D eigenvalue weighted by atomic mass is 32.2. The summed E-state index contributed by atoms with van der Waals surface area (Å²) in [7, 11) is -1.77. The molecule has 1 spiro atoms. The number of hydrogen-bond donors (Lipinski definition) is 1. The molecule has 2 aliphatic heterocycles. The van der Waals surface area contributed by atoms with Crippen molar-refractivity contribution < 1.29 is 22.8 Å². The zero-order valence-electron chi connectivity index (χ0n) is 16.5. The van der Waals surface area contributed by atoms with E-state index in [1.807, 2.05) is 13.8 Å². The average Bonchev–Trinajstić information content (AvgIpc) is 3.05. The van der Waals surface area contributed by atoms with E-state index in [1.54, 1.807) is 31.4 Å². The molecule has 2 heterocycles. The summed E-state index contributed by atoms with van der Waals surface area (Å²) in [6.45, 7) is 4.47. The number of hydrogen-bond acceptors (Lipinski definition) is 6. The maximum atomic E-state index is 12.6. The number of ether oxygens (including phenoxy) is 1. The SMILES string of the molecule is COc1ccc(NC(=O)C2=NO[C@@]3(CCCN(S(=O)(=O)CC(C)C)C3)C2)cc1. The van der Waals surface area contributed by atoms with E-state index in [0.717, 1.165) is 0 Å². The molecule has 28 heavy (non-hydrogen) atoms. The predicted molar refractivity (Wildman–Crippen MR) is 107 cm³/mol. The predicted octanol–water partition coefficient (Wildman–Crippen LogP) is 2.23. The van der Waals surface area contributed by atoms with Gasteiger partial charge < -0.3 is 14.9 Å². The molecule has 1 atom stereocenters. The molecule has 0 saturated carbocycles. The van der Waals surface area contributed by atoms with Crippen molar-refractivity contribution in [2.75, 3.05) is 31.3 Å². The molecule has 1 aromatic rings. The average molecular weight is 410 g/mol. The molecule has 0 aliphatic carbocycles. The van der Waals surface area contributed by atoms with E-state index in [-0.39, 0.29) is 29.8 Å². The second-order valence-electron chi connectivity index (χ2n) is 7.78. The van der Waals surface area contributed by atoms with E-state index in [0.29, 0.717) is 37.2 Å². The van der Waals surface area contributed by atoms with Crippen LogP contribution in [0.4, 0.5) is 5.69 Å². The first-order valence-electron chi connectivity index (χ1n) is 9.41. The van der Waals surface area contributed by atoms with Crippen LogP contribution in [-0.4, -0.2) is 55.9 Å². The molecule has 1 amide bonds. The Kier molecular flexibility index (Phi) is 5.95. The third-order valence-electron chi connectivity index (χ3n) is 4.89. The molecule has 1 N–H and O–H groups in total. The van der Waals surface area contributed by atoms with Crippen LogP contribution in [0.2, 0.25) is 0 Å².